The zero-order chi connectivity index (χ0) is 18.5. The molecule has 4 rings (SSSR count). The maximum absolute atomic E-state index is 8.88. The fourth-order valence-electron chi connectivity index (χ4n) is 3.14. The number of nitriles is 1. The van der Waals surface area contributed by atoms with E-state index in [1.54, 1.807) is 12.1 Å². The van der Waals surface area contributed by atoms with Crippen LogP contribution >= 0.6 is 0 Å². The molecule has 0 aliphatic carbocycles. The summed E-state index contributed by atoms with van der Waals surface area (Å²) in [6.07, 6.45) is 0. The molecule has 5 heteroatoms. The van der Waals surface area contributed by atoms with Crippen LogP contribution in [0.5, 0.6) is 0 Å². The minimum Gasteiger partial charge on any atom is -0.459 e. The summed E-state index contributed by atoms with van der Waals surface area (Å²) in [5.74, 6) is 1.67. The van der Waals surface area contributed by atoms with Gasteiger partial charge in [0.15, 0.2) is 0 Å². The molecule has 0 unspecified atom stereocenters. The number of anilines is 2. The molecular weight excluding hydrogens is 338 g/mol. The number of furan rings is 1. The highest BCUT2D eigenvalue weighted by Gasteiger charge is 2.11. The molecule has 5 nitrogen and oxygen atoms in total. The van der Waals surface area contributed by atoms with E-state index in [-0.39, 0.29) is 0 Å². The quantitative estimate of drug-likeness (QED) is 0.737. The lowest BCUT2D eigenvalue weighted by atomic mass is 10.1. The van der Waals surface area contributed by atoms with E-state index in [1.807, 2.05) is 24.3 Å². The van der Waals surface area contributed by atoms with Gasteiger partial charge in [-0.25, -0.2) is 0 Å². The molecule has 1 saturated heterocycles. The third kappa shape index (κ3) is 4.13. The van der Waals surface area contributed by atoms with Gasteiger partial charge in [-0.05, 0) is 60.7 Å². The van der Waals surface area contributed by atoms with Gasteiger partial charge in [-0.3, -0.25) is 0 Å². The van der Waals surface area contributed by atoms with Crippen LogP contribution in [0.2, 0.25) is 0 Å². The Balaban J connectivity index is 1.36. The van der Waals surface area contributed by atoms with Crippen molar-refractivity contribution in [3.8, 4) is 17.4 Å². The fraction of sp³-hybridized carbons (Fsp3) is 0.227. The van der Waals surface area contributed by atoms with Crippen molar-refractivity contribution < 1.29 is 9.15 Å². The first-order valence-electron chi connectivity index (χ1n) is 9.08. The van der Waals surface area contributed by atoms with Crippen molar-refractivity contribution in [2.45, 2.75) is 6.54 Å². The number of ether oxygens (including phenoxy) is 1. The maximum atomic E-state index is 8.88. The first kappa shape index (κ1) is 17.2. The first-order chi connectivity index (χ1) is 13.3. The molecule has 27 heavy (non-hydrogen) atoms. The monoisotopic (exact) mass is 359 g/mol. The topological polar surface area (TPSA) is 61.4 Å². The minimum absolute atomic E-state index is 0.618. The van der Waals surface area contributed by atoms with Gasteiger partial charge in [-0.2, -0.15) is 5.26 Å². The summed E-state index contributed by atoms with van der Waals surface area (Å²) in [5.41, 5.74) is 3.90. The highest BCUT2D eigenvalue weighted by molar-refractivity contribution is 5.59. The predicted molar refractivity (Wildman–Crippen MR) is 106 cm³/mol. The Morgan fingerprint density at radius 2 is 1.67 bits per heavy atom. The first-order valence-corrected chi connectivity index (χ1v) is 9.08. The van der Waals surface area contributed by atoms with E-state index in [0.29, 0.717) is 12.1 Å². The van der Waals surface area contributed by atoms with Crippen LogP contribution in [0.25, 0.3) is 11.3 Å². The summed E-state index contributed by atoms with van der Waals surface area (Å²) in [6.45, 7) is 4.09. The molecule has 2 heterocycles. The summed E-state index contributed by atoms with van der Waals surface area (Å²) < 4.78 is 11.3. The van der Waals surface area contributed by atoms with Crippen LogP contribution in [0.3, 0.4) is 0 Å². The Morgan fingerprint density at radius 3 is 2.37 bits per heavy atom. The van der Waals surface area contributed by atoms with Crippen molar-refractivity contribution in [3.05, 3.63) is 72.0 Å². The highest BCUT2D eigenvalue weighted by Crippen LogP contribution is 2.24. The van der Waals surface area contributed by atoms with E-state index < -0.39 is 0 Å². The number of hydrogen-bond acceptors (Lipinski definition) is 5. The van der Waals surface area contributed by atoms with E-state index in [0.717, 1.165) is 49.1 Å². The molecule has 0 bridgehead atoms. The van der Waals surface area contributed by atoms with Crippen LogP contribution in [0.4, 0.5) is 11.4 Å². The van der Waals surface area contributed by atoms with Gasteiger partial charge in [0.2, 0.25) is 0 Å². The molecule has 136 valence electrons. The average molecular weight is 359 g/mol. The second-order valence-corrected chi connectivity index (χ2v) is 6.45. The minimum atomic E-state index is 0.618. The fourth-order valence-corrected chi connectivity index (χ4v) is 3.14. The molecule has 1 aromatic heterocycles. The van der Waals surface area contributed by atoms with Gasteiger partial charge in [0.1, 0.15) is 11.5 Å². The van der Waals surface area contributed by atoms with Crippen molar-refractivity contribution in [1.29, 1.82) is 5.26 Å². The Kier molecular flexibility index (Phi) is 5.08. The standard InChI is InChI=1S/C22H21N3O2/c23-15-17-1-3-18(4-2-17)22-10-9-21(27-22)16-24-19-5-7-20(8-6-19)25-11-13-26-14-12-25/h1-10,24H,11-14,16H2. The second-order valence-electron chi connectivity index (χ2n) is 6.45. The van der Waals surface area contributed by atoms with E-state index in [9.17, 15) is 0 Å². The number of nitrogens with one attached hydrogen (secondary N) is 1. The number of rotatable bonds is 5. The highest BCUT2D eigenvalue weighted by atomic mass is 16.5. The maximum Gasteiger partial charge on any atom is 0.134 e. The van der Waals surface area contributed by atoms with Gasteiger partial charge in [-0.1, -0.05) is 0 Å². The Morgan fingerprint density at radius 1 is 0.926 bits per heavy atom. The molecule has 2 aromatic carbocycles. The van der Waals surface area contributed by atoms with E-state index in [2.05, 4.69) is 40.6 Å². The third-order valence-electron chi connectivity index (χ3n) is 4.67. The molecular formula is C22H21N3O2. The third-order valence-corrected chi connectivity index (χ3v) is 4.67. The van der Waals surface area contributed by atoms with Crippen LogP contribution < -0.4 is 10.2 Å². The zero-order valence-corrected chi connectivity index (χ0v) is 15.0. The summed E-state index contributed by atoms with van der Waals surface area (Å²) in [4.78, 5) is 2.34. The number of morpholine rings is 1. The lowest BCUT2D eigenvalue weighted by molar-refractivity contribution is 0.122. The van der Waals surface area contributed by atoms with E-state index in [4.69, 9.17) is 14.4 Å². The smallest absolute Gasteiger partial charge is 0.134 e. The normalized spacial score (nSPS) is 14.0. The number of nitrogens with zero attached hydrogens (tertiary/aromatic N) is 2. The summed E-state index contributed by atoms with van der Waals surface area (Å²) in [5, 5.41) is 12.3. The number of benzene rings is 2. The van der Waals surface area contributed by atoms with Crippen LogP contribution in [-0.2, 0) is 11.3 Å². The van der Waals surface area contributed by atoms with Gasteiger partial charge in [0.05, 0.1) is 31.4 Å². The Hall–Kier alpha value is -3.23. The predicted octanol–water partition coefficient (Wildman–Crippen LogP) is 4.27. The van der Waals surface area contributed by atoms with Crippen LogP contribution in [0, 0.1) is 11.3 Å². The largest absolute Gasteiger partial charge is 0.459 e. The molecule has 0 atom stereocenters. The Bertz CT molecular complexity index is 917. The molecule has 3 aromatic rings. The molecule has 0 saturated carbocycles. The van der Waals surface area contributed by atoms with Gasteiger partial charge in [-0.15, -0.1) is 0 Å². The molecule has 1 fully saturated rings. The van der Waals surface area contributed by atoms with Crippen molar-refractivity contribution in [2.24, 2.45) is 0 Å². The summed E-state index contributed by atoms with van der Waals surface area (Å²) >= 11 is 0. The van der Waals surface area contributed by atoms with Crippen molar-refractivity contribution in [3.63, 3.8) is 0 Å². The van der Waals surface area contributed by atoms with Gasteiger partial charge >= 0.3 is 0 Å². The SMILES string of the molecule is N#Cc1ccc(-c2ccc(CNc3ccc(N4CCOCC4)cc3)o2)cc1. The van der Waals surface area contributed by atoms with Crippen molar-refractivity contribution in [2.75, 3.05) is 36.5 Å². The van der Waals surface area contributed by atoms with Crippen LogP contribution in [0.15, 0.2) is 65.1 Å². The molecule has 0 amide bonds. The molecule has 0 radical (unpaired) electrons. The molecule has 0 spiro atoms. The lowest BCUT2D eigenvalue weighted by Gasteiger charge is -2.28. The zero-order valence-electron chi connectivity index (χ0n) is 15.0. The van der Waals surface area contributed by atoms with Gasteiger partial charge in [0, 0.05) is 30.0 Å². The second kappa shape index (κ2) is 7.98. The Labute approximate surface area is 158 Å². The van der Waals surface area contributed by atoms with Crippen LogP contribution in [0.1, 0.15) is 11.3 Å². The van der Waals surface area contributed by atoms with Gasteiger partial charge < -0.3 is 19.4 Å². The molecule has 1 aliphatic rings. The molecule has 1 N–H and O–H groups in total. The van der Waals surface area contributed by atoms with Crippen molar-refractivity contribution >= 4 is 11.4 Å². The lowest BCUT2D eigenvalue weighted by Crippen LogP contribution is -2.36. The van der Waals surface area contributed by atoms with E-state index in [1.165, 1.54) is 5.69 Å². The van der Waals surface area contributed by atoms with Crippen molar-refractivity contribution in [1.82, 2.24) is 0 Å². The summed E-state index contributed by atoms with van der Waals surface area (Å²) in [7, 11) is 0. The number of hydrogen-bond donors (Lipinski definition) is 1. The van der Waals surface area contributed by atoms with E-state index >= 15 is 0 Å². The van der Waals surface area contributed by atoms with Crippen LogP contribution in [-0.4, -0.2) is 26.3 Å². The summed E-state index contributed by atoms with van der Waals surface area (Å²) in [6, 6.07) is 21.9. The molecule has 1 aliphatic heterocycles. The average Bonchev–Trinajstić information content (AvgIpc) is 3.22. The van der Waals surface area contributed by atoms with Gasteiger partial charge in [0.25, 0.3) is 0 Å².